The van der Waals surface area contributed by atoms with Gasteiger partial charge in [0.25, 0.3) is 5.89 Å². The van der Waals surface area contributed by atoms with Crippen LogP contribution in [0.1, 0.15) is 17.1 Å². The Morgan fingerprint density at radius 3 is 2.52 bits per heavy atom. The van der Waals surface area contributed by atoms with E-state index in [1.807, 2.05) is 0 Å². The first-order valence-corrected chi connectivity index (χ1v) is 6.84. The molecule has 21 heavy (non-hydrogen) atoms. The first-order valence-electron chi connectivity index (χ1n) is 6.02. The number of nitrogens with zero attached hydrogens (tertiary/aromatic N) is 3. The quantitative estimate of drug-likeness (QED) is 0.805. The highest BCUT2D eigenvalue weighted by molar-refractivity contribution is 7.18. The van der Waals surface area contributed by atoms with E-state index in [9.17, 15) is 8.78 Å². The van der Waals surface area contributed by atoms with E-state index < -0.39 is 11.6 Å². The van der Waals surface area contributed by atoms with Gasteiger partial charge < -0.3 is 10.3 Å². The number of anilines is 1. The summed E-state index contributed by atoms with van der Waals surface area (Å²) >= 11 is 1.24. The van der Waals surface area contributed by atoms with Crippen LogP contribution in [0.5, 0.6) is 0 Å². The van der Waals surface area contributed by atoms with Crippen LogP contribution in [0.2, 0.25) is 0 Å². The van der Waals surface area contributed by atoms with Gasteiger partial charge in [0.15, 0.2) is 11.0 Å². The predicted octanol–water partition coefficient (Wildman–Crippen LogP) is 2.95. The third kappa shape index (κ3) is 2.89. The smallest absolute Gasteiger partial charge is 0.270 e. The van der Waals surface area contributed by atoms with Crippen LogP contribution in [0.15, 0.2) is 22.7 Å². The second kappa shape index (κ2) is 5.21. The Labute approximate surface area is 122 Å². The minimum absolute atomic E-state index is 0.172. The summed E-state index contributed by atoms with van der Waals surface area (Å²) in [6, 6.07) is 3.28. The summed E-state index contributed by atoms with van der Waals surface area (Å²) in [5.74, 6) is -0.644. The molecule has 0 bridgehead atoms. The number of nitrogens with two attached hydrogens (primary N) is 1. The summed E-state index contributed by atoms with van der Waals surface area (Å²) in [6.45, 7) is 1.79. The van der Waals surface area contributed by atoms with E-state index in [1.165, 1.54) is 23.5 Å². The molecule has 8 heteroatoms. The van der Waals surface area contributed by atoms with Gasteiger partial charge in [-0.3, -0.25) is 0 Å². The summed E-state index contributed by atoms with van der Waals surface area (Å²) in [5, 5.41) is 4.22. The fraction of sp³-hybridized carbons (Fsp3) is 0.154. The molecule has 3 rings (SSSR count). The van der Waals surface area contributed by atoms with Crippen LogP contribution in [0, 0.1) is 18.6 Å². The normalized spacial score (nSPS) is 11.0. The van der Waals surface area contributed by atoms with Crippen LogP contribution in [-0.4, -0.2) is 15.1 Å². The number of thiazole rings is 1. The number of hydrogen-bond acceptors (Lipinski definition) is 6. The third-order valence-corrected chi connectivity index (χ3v) is 3.73. The monoisotopic (exact) mass is 308 g/mol. The van der Waals surface area contributed by atoms with E-state index in [0.29, 0.717) is 33.0 Å². The number of aromatic nitrogens is 3. The topological polar surface area (TPSA) is 77.8 Å². The van der Waals surface area contributed by atoms with Crippen molar-refractivity contribution in [1.82, 2.24) is 15.1 Å². The van der Waals surface area contributed by atoms with Gasteiger partial charge in [-0.15, -0.1) is 0 Å². The molecule has 0 fully saturated rings. The van der Waals surface area contributed by atoms with Gasteiger partial charge in [-0.1, -0.05) is 16.5 Å². The maximum Gasteiger partial charge on any atom is 0.270 e. The highest BCUT2D eigenvalue weighted by Gasteiger charge is 2.16. The van der Waals surface area contributed by atoms with E-state index in [-0.39, 0.29) is 6.42 Å². The van der Waals surface area contributed by atoms with Crippen molar-refractivity contribution >= 4 is 16.5 Å². The molecule has 5 nitrogen and oxygen atoms in total. The summed E-state index contributed by atoms with van der Waals surface area (Å²) in [4.78, 5) is 8.97. The number of aryl methyl sites for hydroxylation is 1. The molecule has 0 unspecified atom stereocenters. The molecule has 0 amide bonds. The zero-order valence-corrected chi connectivity index (χ0v) is 11.7. The van der Waals surface area contributed by atoms with Crippen molar-refractivity contribution < 1.29 is 13.3 Å². The maximum absolute atomic E-state index is 13.1. The zero-order chi connectivity index (χ0) is 15.0. The molecular weight excluding hydrogens is 298 g/mol. The molecule has 2 aromatic heterocycles. The molecule has 0 aliphatic heterocycles. The van der Waals surface area contributed by atoms with Crippen LogP contribution in [0.25, 0.3) is 10.8 Å². The number of rotatable bonds is 3. The Morgan fingerprint density at radius 2 is 1.90 bits per heavy atom. The molecule has 0 spiro atoms. The largest absolute Gasteiger partial charge is 0.375 e. The van der Waals surface area contributed by atoms with Crippen LogP contribution < -0.4 is 5.73 Å². The van der Waals surface area contributed by atoms with Crippen molar-refractivity contribution in [3.63, 3.8) is 0 Å². The summed E-state index contributed by atoms with van der Waals surface area (Å²) in [6.07, 6.45) is 0.172. The Balaban J connectivity index is 1.87. The molecule has 2 N–H and O–H groups in total. The highest BCUT2D eigenvalue weighted by atomic mass is 32.1. The fourth-order valence-electron chi connectivity index (χ4n) is 1.93. The summed E-state index contributed by atoms with van der Waals surface area (Å²) < 4.78 is 31.4. The minimum atomic E-state index is -0.639. The van der Waals surface area contributed by atoms with Gasteiger partial charge in [-0.25, -0.2) is 13.8 Å². The van der Waals surface area contributed by atoms with E-state index in [2.05, 4.69) is 15.1 Å². The van der Waals surface area contributed by atoms with Crippen LogP contribution in [0.3, 0.4) is 0 Å². The average molecular weight is 308 g/mol. The van der Waals surface area contributed by atoms with Crippen LogP contribution in [-0.2, 0) is 6.42 Å². The molecule has 1 aromatic carbocycles. The molecule has 2 heterocycles. The predicted molar refractivity (Wildman–Crippen MR) is 73.7 cm³/mol. The lowest BCUT2D eigenvalue weighted by atomic mass is 10.1. The Morgan fingerprint density at radius 1 is 1.19 bits per heavy atom. The van der Waals surface area contributed by atoms with Crippen molar-refractivity contribution in [2.75, 3.05) is 5.73 Å². The molecule has 0 saturated heterocycles. The van der Waals surface area contributed by atoms with Gasteiger partial charge in [-0.05, 0) is 24.6 Å². The van der Waals surface area contributed by atoms with E-state index >= 15 is 0 Å². The lowest BCUT2D eigenvalue weighted by Gasteiger charge is -1.97. The van der Waals surface area contributed by atoms with Gasteiger partial charge in [0.05, 0.1) is 5.69 Å². The minimum Gasteiger partial charge on any atom is -0.375 e. The second-order valence-electron chi connectivity index (χ2n) is 4.44. The average Bonchev–Trinajstić information content (AvgIpc) is 2.94. The first kappa shape index (κ1) is 13.6. The van der Waals surface area contributed by atoms with Gasteiger partial charge in [0.1, 0.15) is 16.5 Å². The standard InChI is InChI=1S/C13H10F2N4OS/c1-6-11(21-13(16)17-6)12-18-10(19-20-12)4-7-2-8(14)5-9(15)3-7/h2-3,5H,4H2,1H3,(H2,16,17). The molecule has 0 aliphatic carbocycles. The number of benzene rings is 1. The molecule has 0 aliphatic rings. The van der Waals surface area contributed by atoms with Crippen LogP contribution >= 0.6 is 11.3 Å². The van der Waals surface area contributed by atoms with Crippen molar-refractivity contribution in [2.24, 2.45) is 0 Å². The number of nitrogen functional groups attached to an aromatic ring is 1. The van der Waals surface area contributed by atoms with E-state index in [1.54, 1.807) is 6.92 Å². The summed E-state index contributed by atoms with van der Waals surface area (Å²) in [7, 11) is 0. The van der Waals surface area contributed by atoms with Crippen LogP contribution in [0.4, 0.5) is 13.9 Å². The van der Waals surface area contributed by atoms with E-state index in [0.717, 1.165) is 6.07 Å². The molecular formula is C13H10F2N4OS. The molecule has 0 saturated carbocycles. The van der Waals surface area contributed by atoms with Gasteiger partial charge in [0, 0.05) is 12.5 Å². The summed E-state index contributed by atoms with van der Waals surface area (Å²) in [5.41, 5.74) is 6.74. The lowest BCUT2D eigenvalue weighted by molar-refractivity contribution is 0.424. The van der Waals surface area contributed by atoms with Crippen molar-refractivity contribution in [1.29, 1.82) is 0 Å². The van der Waals surface area contributed by atoms with Crippen molar-refractivity contribution in [2.45, 2.75) is 13.3 Å². The fourth-order valence-corrected chi connectivity index (χ4v) is 2.68. The molecule has 108 valence electrons. The number of hydrogen-bond donors (Lipinski definition) is 1. The molecule has 0 radical (unpaired) electrons. The number of halogens is 2. The Bertz CT molecular complexity index is 779. The lowest BCUT2D eigenvalue weighted by Crippen LogP contribution is -1.93. The second-order valence-corrected chi connectivity index (χ2v) is 5.47. The third-order valence-electron chi connectivity index (χ3n) is 2.76. The van der Waals surface area contributed by atoms with E-state index in [4.69, 9.17) is 10.3 Å². The van der Waals surface area contributed by atoms with Gasteiger partial charge in [0.2, 0.25) is 0 Å². The van der Waals surface area contributed by atoms with Crippen molar-refractivity contribution in [3.8, 4) is 10.8 Å². The maximum atomic E-state index is 13.1. The van der Waals surface area contributed by atoms with Gasteiger partial charge >= 0.3 is 0 Å². The highest BCUT2D eigenvalue weighted by Crippen LogP contribution is 2.30. The van der Waals surface area contributed by atoms with Crippen molar-refractivity contribution in [3.05, 3.63) is 46.9 Å². The Kier molecular flexibility index (Phi) is 3.38. The zero-order valence-electron chi connectivity index (χ0n) is 10.9. The van der Waals surface area contributed by atoms with Gasteiger partial charge in [-0.2, -0.15) is 4.98 Å². The Hall–Kier alpha value is -2.35. The molecule has 0 atom stereocenters. The SMILES string of the molecule is Cc1nc(N)sc1-c1nc(Cc2cc(F)cc(F)c2)no1. The first-order chi connectivity index (χ1) is 10.0. The molecule has 3 aromatic rings.